The van der Waals surface area contributed by atoms with Gasteiger partial charge in [-0.15, -0.1) is 0 Å². The maximum absolute atomic E-state index is 8.88. The highest BCUT2D eigenvalue weighted by atomic mass is 35.5. The number of nitrogens with one attached hydrogen (secondary N) is 1. The maximum atomic E-state index is 8.88. The first-order chi connectivity index (χ1) is 6.77. The zero-order valence-electron chi connectivity index (χ0n) is 8.18. The first kappa shape index (κ1) is 11.0. The SMILES string of the molecule is CNCCCc1ccc(Cl)cc1C#N. The van der Waals surface area contributed by atoms with Crippen LogP contribution in [-0.2, 0) is 6.42 Å². The molecule has 14 heavy (non-hydrogen) atoms. The second kappa shape index (κ2) is 5.64. The smallest absolute Gasteiger partial charge is 0.0995 e. The Morgan fingerprint density at radius 3 is 2.93 bits per heavy atom. The number of hydrogen-bond donors (Lipinski definition) is 1. The minimum Gasteiger partial charge on any atom is -0.320 e. The Bertz CT molecular complexity index is 342. The van der Waals surface area contributed by atoms with Crippen LogP contribution in [-0.4, -0.2) is 13.6 Å². The summed E-state index contributed by atoms with van der Waals surface area (Å²) >= 11 is 5.79. The molecule has 1 aromatic carbocycles. The molecule has 1 rings (SSSR count). The predicted molar refractivity (Wildman–Crippen MR) is 58.4 cm³/mol. The van der Waals surface area contributed by atoms with Crippen molar-refractivity contribution in [3.63, 3.8) is 0 Å². The molecule has 74 valence electrons. The van der Waals surface area contributed by atoms with E-state index < -0.39 is 0 Å². The lowest BCUT2D eigenvalue weighted by Gasteiger charge is -2.03. The van der Waals surface area contributed by atoms with Gasteiger partial charge in [-0.05, 0) is 44.1 Å². The third-order valence-corrected chi connectivity index (χ3v) is 2.30. The molecule has 0 radical (unpaired) electrons. The van der Waals surface area contributed by atoms with Gasteiger partial charge in [-0.1, -0.05) is 17.7 Å². The van der Waals surface area contributed by atoms with Crippen molar-refractivity contribution in [2.24, 2.45) is 0 Å². The van der Waals surface area contributed by atoms with Crippen LogP contribution in [0.25, 0.3) is 0 Å². The van der Waals surface area contributed by atoms with E-state index in [0.717, 1.165) is 24.9 Å². The van der Waals surface area contributed by atoms with Crippen molar-refractivity contribution in [2.45, 2.75) is 12.8 Å². The fourth-order valence-electron chi connectivity index (χ4n) is 1.33. The molecule has 0 aliphatic rings. The Morgan fingerprint density at radius 1 is 1.50 bits per heavy atom. The molecule has 0 unspecified atom stereocenters. The molecule has 1 aromatic rings. The third kappa shape index (κ3) is 3.02. The lowest BCUT2D eigenvalue weighted by atomic mass is 10.0. The van der Waals surface area contributed by atoms with Crippen molar-refractivity contribution in [3.05, 3.63) is 34.3 Å². The Labute approximate surface area is 89.5 Å². The van der Waals surface area contributed by atoms with Crippen LogP contribution < -0.4 is 5.32 Å². The lowest BCUT2D eigenvalue weighted by Crippen LogP contribution is -2.08. The Morgan fingerprint density at radius 2 is 2.29 bits per heavy atom. The molecule has 0 saturated carbocycles. The van der Waals surface area contributed by atoms with Gasteiger partial charge in [-0.3, -0.25) is 0 Å². The normalized spacial score (nSPS) is 9.79. The Hall–Kier alpha value is -1.04. The summed E-state index contributed by atoms with van der Waals surface area (Å²) in [6.45, 7) is 0.966. The quantitative estimate of drug-likeness (QED) is 0.772. The van der Waals surface area contributed by atoms with Gasteiger partial charge in [0.2, 0.25) is 0 Å². The van der Waals surface area contributed by atoms with Crippen LogP contribution >= 0.6 is 11.6 Å². The van der Waals surface area contributed by atoms with Crippen molar-refractivity contribution in [1.82, 2.24) is 5.32 Å². The van der Waals surface area contributed by atoms with Crippen LogP contribution in [0.3, 0.4) is 0 Å². The topological polar surface area (TPSA) is 35.8 Å². The van der Waals surface area contributed by atoms with E-state index in [9.17, 15) is 0 Å². The number of rotatable bonds is 4. The van der Waals surface area contributed by atoms with Gasteiger partial charge in [-0.25, -0.2) is 0 Å². The summed E-state index contributed by atoms with van der Waals surface area (Å²) in [4.78, 5) is 0. The third-order valence-electron chi connectivity index (χ3n) is 2.07. The number of benzene rings is 1. The lowest BCUT2D eigenvalue weighted by molar-refractivity contribution is 0.724. The van der Waals surface area contributed by atoms with Crippen LogP contribution in [0.15, 0.2) is 18.2 Å². The van der Waals surface area contributed by atoms with Crippen molar-refractivity contribution < 1.29 is 0 Å². The van der Waals surface area contributed by atoms with Crippen molar-refractivity contribution in [1.29, 1.82) is 5.26 Å². The highest BCUT2D eigenvalue weighted by molar-refractivity contribution is 6.30. The number of aryl methyl sites for hydroxylation is 1. The Balaban J connectivity index is 2.72. The van der Waals surface area contributed by atoms with Crippen LogP contribution in [0, 0.1) is 11.3 Å². The average molecular weight is 209 g/mol. The maximum Gasteiger partial charge on any atom is 0.0995 e. The molecule has 3 heteroatoms. The number of halogens is 1. The van der Waals surface area contributed by atoms with E-state index in [1.54, 1.807) is 6.07 Å². The van der Waals surface area contributed by atoms with E-state index in [1.165, 1.54) is 0 Å². The van der Waals surface area contributed by atoms with Crippen LogP contribution in [0.4, 0.5) is 0 Å². The summed E-state index contributed by atoms with van der Waals surface area (Å²) in [6, 6.07) is 7.63. The first-order valence-corrected chi connectivity index (χ1v) is 4.99. The predicted octanol–water partition coefficient (Wildman–Crippen LogP) is 2.36. The van der Waals surface area contributed by atoms with E-state index in [0.29, 0.717) is 10.6 Å². The molecular weight excluding hydrogens is 196 g/mol. The van der Waals surface area contributed by atoms with Crippen LogP contribution in [0.1, 0.15) is 17.5 Å². The fourth-order valence-corrected chi connectivity index (χ4v) is 1.50. The van der Waals surface area contributed by atoms with Gasteiger partial charge in [0, 0.05) is 5.02 Å². The van der Waals surface area contributed by atoms with Gasteiger partial charge < -0.3 is 5.32 Å². The molecule has 0 heterocycles. The van der Waals surface area contributed by atoms with Gasteiger partial charge >= 0.3 is 0 Å². The van der Waals surface area contributed by atoms with E-state index in [4.69, 9.17) is 16.9 Å². The van der Waals surface area contributed by atoms with E-state index >= 15 is 0 Å². The molecule has 0 aromatic heterocycles. The zero-order chi connectivity index (χ0) is 10.4. The second-order valence-electron chi connectivity index (χ2n) is 3.12. The summed E-state index contributed by atoms with van der Waals surface area (Å²) in [5.41, 5.74) is 1.76. The largest absolute Gasteiger partial charge is 0.320 e. The zero-order valence-corrected chi connectivity index (χ0v) is 8.93. The van der Waals surface area contributed by atoms with Crippen molar-refractivity contribution in [2.75, 3.05) is 13.6 Å². The minimum atomic E-state index is 0.624. The highest BCUT2D eigenvalue weighted by Gasteiger charge is 2.01. The molecule has 0 spiro atoms. The molecule has 0 fully saturated rings. The molecular formula is C11H13ClN2. The van der Waals surface area contributed by atoms with E-state index in [-0.39, 0.29) is 0 Å². The highest BCUT2D eigenvalue weighted by Crippen LogP contribution is 2.16. The summed E-state index contributed by atoms with van der Waals surface area (Å²) in [5, 5.41) is 12.6. The van der Waals surface area contributed by atoms with E-state index in [1.807, 2.05) is 19.2 Å². The van der Waals surface area contributed by atoms with Crippen LogP contribution in [0.5, 0.6) is 0 Å². The molecule has 0 aliphatic heterocycles. The summed E-state index contributed by atoms with van der Waals surface area (Å²) in [6.07, 6.45) is 1.95. The van der Waals surface area contributed by atoms with Gasteiger partial charge in [0.25, 0.3) is 0 Å². The monoisotopic (exact) mass is 208 g/mol. The summed E-state index contributed by atoms with van der Waals surface area (Å²) in [5.74, 6) is 0. The molecule has 1 N–H and O–H groups in total. The van der Waals surface area contributed by atoms with Crippen LogP contribution in [0.2, 0.25) is 5.02 Å². The fraction of sp³-hybridized carbons (Fsp3) is 0.364. The Kier molecular flexibility index (Phi) is 4.45. The second-order valence-corrected chi connectivity index (χ2v) is 3.56. The van der Waals surface area contributed by atoms with Gasteiger partial charge in [0.15, 0.2) is 0 Å². The van der Waals surface area contributed by atoms with Gasteiger partial charge in [-0.2, -0.15) is 5.26 Å². The minimum absolute atomic E-state index is 0.624. The molecule has 0 aliphatic carbocycles. The molecule has 0 saturated heterocycles. The molecule has 0 atom stereocenters. The first-order valence-electron chi connectivity index (χ1n) is 4.61. The number of nitrogens with zero attached hydrogens (tertiary/aromatic N) is 1. The van der Waals surface area contributed by atoms with Gasteiger partial charge in [0.1, 0.15) is 0 Å². The number of nitriles is 1. The summed E-state index contributed by atoms with van der Waals surface area (Å²) < 4.78 is 0. The van der Waals surface area contributed by atoms with Gasteiger partial charge in [0.05, 0.1) is 11.6 Å². The van der Waals surface area contributed by atoms with Crippen molar-refractivity contribution >= 4 is 11.6 Å². The van der Waals surface area contributed by atoms with Crippen molar-refractivity contribution in [3.8, 4) is 6.07 Å². The molecule has 0 bridgehead atoms. The standard InChI is InChI=1S/C11H13ClN2/c1-14-6-2-3-9-4-5-11(12)7-10(9)8-13/h4-5,7,14H,2-3,6H2,1H3. The molecule has 0 amide bonds. The number of hydrogen-bond acceptors (Lipinski definition) is 2. The summed E-state index contributed by atoms with van der Waals surface area (Å²) in [7, 11) is 1.92. The van der Waals surface area contributed by atoms with E-state index in [2.05, 4.69) is 11.4 Å². The molecule has 2 nitrogen and oxygen atoms in total. The average Bonchev–Trinajstić information content (AvgIpc) is 2.20.